The first-order valence-electron chi connectivity index (χ1n) is 6.37. The van der Waals surface area contributed by atoms with Crippen LogP contribution in [0.25, 0.3) is 10.8 Å². The lowest BCUT2D eigenvalue weighted by molar-refractivity contribution is -0.385. The summed E-state index contributed by atoms with van der Waals surface area (Å²) in [5, 5.41) is 22.0. The van der Waals surface area contributed by atoms with Gasteiger partial charge in [0, 0.05) is 29.7 Å². The Hall–Kier alpha value is -3.56. The van der Waals surface area contributed by atoms with Crippen molar-refractivity contribution < 1.29 is 28.9 Å². The largest absolute Gasteiger partial charge is 0.465 e. The Morgan fingerprint density at radius 1 is 0.833 bits per heavy atom. The third kappa shape index (κ3) is 2.84. The SMILES string of the molecule is COC(=O)c1cc([N+](=O)[O-])cc2cc([N+](=O)[O-])cc(C(=O)OC)c12. The van der Waals surface area contributed by atoms with Gasteiger partial charge in [-0.25, -0.2) is 9.59 Å². The van der Waals surface area contributed by atoms with Crippen molar-refractivity contribution in [2.75, 3.05) is 14.2 Å². The van der Waals surface area contributed by atoms with E-state index in [1.807, 2.05) is 0 Å². The van der Waals surface area contributed by atoms with Gasteiger partial charge in [-0.1, -0.05) is 0 Å². The lowest BCUT2D eigenvalue weighted by Crippen LogP contribution is -2.09. The van der Waals surface area contributed by atoms with E-state index < -0.39 is 33.2 Å². The number of carbonyl (C=O) groups is 2. The maximum Gasteiger partial charge on any atom is 0.338 e. The molecular weight excluding hydrogens is 324 g/mol. The number of ether oxygens (including phenoxy) is 2. The monoisotopic (exact) mass is 334 g/mol. The van der Waals surface area contributed by atoms with E-state index in [1.165, 1.54) is 0 Å². The predicted molar refractivity (Wildman–Crippen MR) is 79.9 cm³/mol. The molecule has 0 saturated carbocycles. The Morgan fingerprint density at radius 2 is 1.21 bits per heavy atom. The van der Waals surface area contributed by atoms with E-state index in [4.69, 9.17) is 0 Å². The summed E-state index contributed by atoms with van der Waals surface area (Å²) in [7, 11) is 2.13. The standard InChI is InChI=1S/C14H10N2O8/c1-23-13(17)10-5-8(15(19)20)3-7-4-9(16(21)22)6-11(12(7)10)14(18)24-2/h3-6H,1-2H3. The second kappa shape index (κ2) is 6.28. The smallest absolute Gasteiger partial charge is 0.338 e. The molecule has 0 amide bonds. The molecule has 2 rings (SSSR count). The van der Waals surface area contributed by atoms with Crippen LogP contribution < -0.4 is 0 Å². The molecule has 0 fully saturated rings. The van der Waals surface area contributed by atoms with Crippen LogP contribution in [0.1, 0.15) is 20.7 Å². The number of fused-ring (bicyclic) bond motifs is 1. The Morgan fingerprint density at radius 3 is 1.50 bits per heavy atom. The van der Waals surface area contributed by atoms with E-state index in [-0.39, 0.29) is 21.9 Å². The number of non-ortho nitro benzene ring substituents is 2. The molecule has 10 nitrogen and oxygen atoms in total. The lowest BCUT2D eigenvalue weighted by atomic mass is 9.97. The summed E-state index contributed by atoms with van der Waals surface area (Å²) < 4.78 is 9.16. The summed E-state index contributed by atoms with van der Waals surface area (Å²) >= 11 is 0. The quantitative estimate of drug-likeness (QED) is 0.471. The van der Waals surface area contributed by atoms with Crippen molar-refractivity contribution in [3.05, 3.63) is 55.6 Å². The van der Waals surface area contributed by atoms with Crippen LogP contribution in [0.5, 0.6) is 0 Å². The summed E-state index contributed by atoms with van der Waals surface area (Å²) in [5.74, 6) is -1.86. The number of methoxy groups -OCH3 is 2. The summed E-state index contributed by atoms with van der Waals surface area (Å²) in [4.78, 5) is 44.4. The van der Waals surface area contributed by atoms with E-state index in [9.17, 15) is 29.8 Å². The summed E-state index contributed by atoms with van der Waals surface area (Å²) in [6, 6.07) is 3.93. The number of esters is 2. The van der Waals surface area contributed by atoms with Crippen LogP contribution in [0.15, 0.2) is 24.3 Å². The van der Waals surface area contributed by atoms with Gasteiger partial charge < -0.3 is 9.47 Å². The van der Waals surface area contributed by atoms with Crippen LogP contribution in [0.3, 0.4) is 0 Å². The van der Waals surface area contributed by atoms with Crippen molar-refractivity contribution in [2.24, 2.45) is 0 Å². The fraction of sp³-hybridized carbons (Fsp3) is 0.143. The first kappa shape index (κ1) is 16.8. The molecule has 24 heavy (non-hydrogen) atoms. The highest BCUT2D eigenvalue weighted by atomic mass is 16.6. The highest BCUT2D eigenvalue weighted by molar-refractivity contribution is 6.14. The topological polar surface area (TPSA) is 139 Å². The van der Waals surface area contributed by atoms with Gasteiger partial charge in [0.1, 0.15) is 0 Å². The number of hydrogen-bond acceptors (Lipinski definition) is 8. The van der Waals surface area contributed by atoms with Gasteiger partial charge in [0.25, 0.3) is 11.4 Å². The van der Waals surface area contributed by atoms with E-state index in [0.717, 1.165) is 38.5 Å². The summed E-state index contributed by atoms with van der Waals surface area (Å²) in [6.45, 7) is 0. The first-order chi connectivity index (χ1) is 11.3. The van der Waals surface area contributed by atoms with E-state index >= 15 is 0 Å². The molecule has 0 atom stereocenters. The van der Waals surface area contributed by atoms with Crippen molar-refractivity contribution >= 4 is 34.1 Å². The average Bonchev–Trinajstić information content (AvgIpc) is 2.57. The van der Waals surface area contributed by atoms with Crippen LogP contribution in [0, 0.1) is 20.2 Å². The number of carbonyl (C=O) groups excluding carboxylic acids is 2. The normalized spacial score (nSPS) is 10.2. The van der Waals surface area contributed by atoms with E-state index in [2.05, 4.69) is 9.47 Å². The highest BCUT2D eigenvalue weighted by Crippen LogP contribution is 2.32. The molecule has 0 aliphatic carbocycles. The second-order valence-electron chi connectivity index (χ2n) is 4.58. The fourth-order valence-corrected chi connectivity index (χ4v) is 2.24. The number of rotatable bonds is 4. The van der Waals surface area contributed by atoms with Crippen LogP contribution in [-0.4, -0.2) is 36.0 Å². The molecule has 0 unspecified atom stereocenters. The van der Waals surface area contributed by atoms with E-state index in [0.29, 0.717) is 0 Å². The van der Waals surface area contributed by atoms with Crippen molar-refractivity contribution in [1.82, 2.24) is 0 Å². The van der Waals surface area contributed by atoms with Gasteiger partial charge >= 0.3 is 11.9 Å². The molecule has 0 N–H and O–H groups in total. The molecule has 0 heterocycles. The van der Waals surface area contributed by atoms with Gasteiger partial charge in [-0.3, -0.25) is 20.2 Å². The molecule has 0 radical (unpaired) electrons. The van der Waals surface area contributed by atoms with Crippen molar-refractivity contribution in [2.45, 2.75) is 0 Å². The van der Waals surface area contributed by atoms with Crippen LogP contribution >= 0.6 is 0 Å². The number of nitrogens with zero attached hydrogens (tertiary/aromatic N) is 2. The van der Waals surface area contributed by atoms with Gasteiger partial charge in [-0.2, -0.15) is 0 Å². The molecule has 0 aromatic heterocycles. The summed E-state index contributed by atoms with van der Waals surface area (Å²) in [6.07, 6.45) is 0. The zero-order valence-corrected chi connectivity index (χ0v) is 12.5. The minimum atomic E-state index is -0.928. The minimum Gasteiger partial charge on any atom is -0.465 e. The molecule has 0 aliphatic rings. The predicted octanol–water partition coefficient (Wildman–Crippen LogP) is 2.23. The van der Waals surface area contributed by atoms with E-state index in [1.54, 1.807) is 0 Å². The van der Waals surface area contributed by atoms with Gasteiger partial charge in [0.05, 0.1) is 35.2 Å². The van der Waals surface area contributed by atoms with Crippen molar-refractivity contribution in [1.29, 1.82) is 0 Å². The van der Waals surface area contributed by atoms with Gasteiger partial charge in [-0.05, 0) is 5.39 Å². The third-order valence-corrected chi connectivity index (χ3v) is 3.25. The fourth-order valence-electron chi connectivity index (χ4n) is 2.24. The third-order valence-electron chi connectivity index (χ3n) is 3.25. The van der Waals surface area contributed by atoms with Crippen molar-refractivity contribution in [3.63, 3.8) is 0 Å². The molecule has 0 bridgehead atoms. The molecule has 2 aromatic carbocycles. The van der Waals surface area contributed by atoms with Crippen LogP contribution in [-0.2, 0) is 9.47 Å². The highest BCUT2D eigenvalue weighted by Gasteiger charge is 2.25. The Kier molecular flexibility index (Phi) is 4.40. The second-order valence-corrected chi connectivity index (χ2v) is 4.58. The number of hydrogen-bond donors (Lipinski definition) is 0. The molecule has 0 aliphatic heterocycles. The van der Waals surface area contributed by atoms with Crippen LogP contribution in [0.2, 0.25) is 0 Å². The van der Waals surface area contributed by atoms with Crippen molar-refractivity contribution in [3.8, 4) is 0 Å². The maximum atomic E-state index is 12.0. The molecule has 0 spiro atoms. The number of nitro groups is 2. The Labute approximate surface area is 133 Å². The first-order valence-corrected chi connectivity index (χ1v) is 6.37. The molecule has 10 heteroatoms. The molecular formula is C14H10N2O8. The van der Waals surface area contributed by atoms with Gasteiger partial charge in [0.2, 0.25) is 0 Å². The average molecular weight is 334 g/mol. The van der Waals surface area contributed by atoms with Gasteiger partial charge in [-0.15, -0.1) is 0 Å². The zero-order valence-electron chi connectivity index (χ0n) is 12.5. The number of benzene rings is 2. The molecule has 2 aromatic rings. The molecule has 124 valence electrons. The Bertz CT molecular complexity index is 821. The van der Waals surface area contributed by atoms with Crippen LogP contribution in [0.4, 0.5) is 11.4 Å². The summed E-state index contributed by atoms with van der Waals surface area (Å²) in [5.41, 5.74) is -1.48. The van der Waals surface area contributed by atoms with Gasteiger partial charge in [0.15, 0.2) is 0 Å². The lowest BCUT2D eigenvalue weighted by Gasteiger charge is -2.09. The molecule has 0 saturated heterocycles. The minimum absolute atomic E-state index is 0.0232. The maximum absolute atomic E-state index is 12.0. The number of nitro benzene ring substituents is 2. The zero-order chi connectivity index (χ0) is 18.0. The Balaban J connectivity index is 3.01.